The van der Waals surface area contributed by atoms with E-state index in [9.17, 15) is 0 Å². The van der Waals surface area contributed by atoms with Crippen LogP contribution < -0.4 is 16.4 Å². The van der Waals surface area contributed by atoms with Gasteiger partial charge in [-0.25, -0.2) is 4.98 Å². The first-order valence-electron chi connectivity index (χ1n) is 11.0. The molecule has 0 bridgehead atoms. The molecule has 0 radical (unpaired) electrons. The van der Waals surface area contributed by atoms with E-state index in [0.717, 1.165) is 55.7 Å². The SMILES string of the molecule is N[C@H]1CC[C@H](Nc2nc(NCc3cccc(I)c3)c3ncn(C4CCOC4)c3n2)CC1. The van der Waals surface area contributed by atoms with Crippen molar-refractivity contribution in [3.8, 4) is 0 Å². The van der Waals surface area contributed by atoms with Crippen LogP contribution in [0.1, 0.15) is 43.7 Å². The van der Waals surface area contributed by atoms with Crippen LogP contribution in [0.5, 0.6) is 0 Å². The molecule has 5 rings (SSSR count). The van der Waals surface area contributed by atoms with E-state index in [1.807, 2.05) is 6.33 Å². The van der Waals surface area contributed by atoms with Gasteiger partial charge in [0.1, 0.15) is 0 Å². The van der Waals surface area contributed by atoms with Crippen molar-refractivity contribution in [1.82, 2.24) is 19.5 Å². The second-order valence-corrected chi connectivity index (χ2v) is 9.72. The third kappa shape index (κ3) is 4.78. The standard InChI is InChI=1S/C22H28IN7O/c23-15-3-1-2-14(10-15)11-25-20-19-21(30(13-26-19)18-8-9-31-12-18)29-22(28-20)27-17-6-4-16(24)5-7-17/h1-3,10,13,16-18H,4-9,11-12,24H2,(H2,25,27,28,29)/t16-,17-,18?. The molecular weight excluding hydrogens is 505 g/mol. The predicted molar refractivity (Wildman–Crippen MR) is 130 cm³/mol. The molecule has 0 amide bonds. The number of nitrogens with zero attached hydrogens (tertiary/aromatic N) is 4. The maximum absolute atomic E-state index is 6.08. The molecule has 2 aromatic heterocycles. The molecule has 2 aliphatic rings. The lowest BCUT2D eigenvalue weighted by atomic mass is 9.92. The number of ether oxygens (including phenoxy) is 1. The first-order valence-corrected chi connectivity index (χ1v) is 12.1. The lowest BCUT2D eigenvalue weighted by molar-refractivity contribution is 0.187. The van der Waals surface area contributed by atoms with Crippen LogP contribution in [-0.4, -0.2) is 44.8 Å². The average molecular weight is 533 g/mol. The first kappa shape index (κ1) is 20.9. The van der Waals surface area contributed by atoms with Crippen molar-refractivity contribution < 1.29 is 4.74 Å². The number of hydrogen-bond acceptors (Lipinski definition) is 7. The van der Waals surface area contributed by atoms with Gasteiger partial charge in [-0.15, -0.1) is 0 Å². The van der Waals surface area contributed by atoms with Gasteiger partial charge in [0.2, 0.25) is 5.95 Å². The van der Waals surface area contributed by atoms with Gasteiger partial charge in [0.05, 0.1) is 19.0 Å². The van der Waals surface area contributed by atoms with E-state index in [0.29, 0.717) is 31.2 Å². The summed E-state index contributed by atoms with van der Waals surface area (Å²) in [5.41, 5.74) is 8.94. The third-order valence-electron chi connectivity index (χ3n) is 6.17. The van der Waals surface area contributed by atoms with Crippen LogP contribution in [0.2, 0.25) is 0 Å². The normalized spacial score (nSPS) is 23.9. The molecule has 3 heterocycles. The van der Waals surface area contributed by atoms with Crippen molar-refractivity contribution in [3.05, 3.63) is 39.7 Å². The minimum absolute atomic E-state index is 0.268. The largest absolute Gasteiger partial charge is 0.379 e. The molecule has 8 nitrogen and oxygen atoms in total. The Morgan fingerprint density at radius 2 is 2.03 bits per heavy atom. The number of aromatic nitrogens is 4. The van der Waals surface area contributed by atoms with E-state index < -0.39 is 0 Å². The van der Waals surface area contributed by atoms with Crippen LogP contribution >= 0.6 is 22.6 Å². The van der Waals surface area contributed by atoms with E-state index in [4.69, 9.17) is 20.4 Å². The number of nitrogens with one attached hydrogen (secondary N) is 2. The first-order chi connectivity index (χ1) is 15.2. The van der Waals surface area contributed by atoms with Crippen molar-refractivity contribution >= 4 is 45.5 Å². The van der Waals surface area contributed by atoms with Gasteiger partial charge in [-0.1, -0.05) is 12.1 Å². The summed E-state index contributed by atoms with van der Waals surface area (Å²) in [6.07, 6.45) is 7.01. The highest BCUT2D eigenvalue weighted by molar-refractivity contribution is 14.1. The zero-order valence-corrected chi connectivity index (χ0v) is 19.6. The maximum Gasteiger partial charge on any atom is 0.227 e. The van der Waals surface area contributed by atoms with E-state index in [1.54, 1.807) is 0 Å². The van der Waals surface area contributed by atoms with Gasteiger partial charge in [0.25, 0.3) is 0 Å². The zero-order valence-electron chi connectivity index (χ0n) is 17.4. The van der Waals surface area contributed by atoms with Crippen molar-refractivity contribution in [2.45, 2.75) is 56.8 Å². The molecule has 1 atom stereocenters. The molecule has 4 N–H and O–H groups in total. The summed E-state index contributed by atoms with van der Waals surface area (Å²) in [6, 6.07) is 9.39. The van der Waals surface area contributed by atoms with Crippen LogP contribution in [0.4, 0.5) is 11.8 Å². The van der Waals surface area contributed by atoms with Gasteiger partial charge in [-0.3, -0.25) is 0 Å². The molecule has 1 unspecified atom stereocenters. The van der Waals surface area contributed by atoms with E-state index in [1.165, 1.54) is 9.13 Å². The number of anilines is 2. The molecule has 0 spiro atoms. The molecule has 9 heteroatoms. The smallest absolute Gasteiger partial charge is 0.227 e. The summed E-state index contributed by atoms with van der Waals surface area (Å²) in [6.45, 7) is 2.16. The van der Waals surface area contributed by atoms with E-state index in [-0.39, 0.29) is 6.04 Å². The fourth-order valence-electron chi connectivity index (χ4n) is 4.39. The Bertz CT molecular complexity index is 1040. The Morgan fingerprint density at radius 3 is 2.81 bits per heavy atom. The Balaban J connectivity index is 1.45. The highest BCUT2D eigenvalue weighted by atomic mass is 127. The zero-order chi connectivity index (χ0) is 21.2. The summed E-state index contributed by atoms with van der Waals surface area (Å²) in [5.74, 6) is 1.41. The van der Waals surface area contributed by atoms with Gasteiger partial charge in [0.15, 0.2) is 17.0 Å². The summed E-state index contributed by atoms with van der Waals surface area (Å²) < 4.78 is 8.96. The minimum atomic E-state index is 0.268. The summed E-state index contributed by atoms with van der Waals surface area (Å²) >= 11 is 2.34. The summed E-state index contributed by atoms with van der Waals surface area (Å²) in [7, 11) is 0. The number of halogens is 1. The van der Waals surface area contributed by atoms with Crippen LogP contribution in [0, 0.1) is 3.57 Å². The minimum Gasteiger partial charge on any atom is -0.379 e. The van der Waals surface area contributed by atoms with Gasteiger partial charge in [-0.2, -0.15) is 9.97 Å². The average Bonchev–Trinajstić information content (AvgIpc) is 3.43. The number of benzene rings is 1. The molecule has 1 aliphatic heterocycles. The third-order valence-corrected chi connectivity index (χ3v) is 6.85. The highest BCUT2D eigenvalue weighted by Crippen LogP contribution is 2.28. The Hall–Kier alpha value is -1.98. The van der Waals surface area contributed by atoms with Crippen LogP contribution in [0.3, 0.4) is 0 Å². The molecule has 1 aromatic carbocycles. The second-order valence-electron chi connectivity index (χ2n) is 8.48. The van der Waals surface area contributed by atoms with Crippen molar-refractivity contribution in [2.75, 3.05) is 23.8 Å². The molecule has 31 heavy (non-hydrogen) atoms. The van der Waals surface area contributed by atoms with Gasteiger partial charge < -0.3 is 25.7 Å². The lowest BCUT2D eigenvalue weighted by Crippen LogP contribution is -2.33. The van der Waals surface area contributed by atoms with Crippen molar-refractivity contribution in [2.24, 2.45) is 5.73 Å². The Kier molecular flexibility index (Phi) is 6.24. The number of hydrogen-bond donors (Lipinski definition) is 3. The van der Waals surface area contributed by atoms with Crippen LogP contribution in [0.25, 0.3) is 11.2 Å². The van der Waals surface area contributed by atoms with E-state index >= 15 is 0 Å². The van der Waals surface area contributed by atoms with Crippen LogP contribution in [-0.2, 0) is 11.3 Å². The number of rotatable bonds is 6. The molecular formula is C22H28IN7O. The maximum atomic E-state index is 6.08. The predicted octanol–water partition coefficient (Wildman–Crippen LogP) is 3.69. The van der Waals surface area contributed by atoms with E-state index in [2.05, 4.69) is 67.0 Å². The van der Waals surface area contributed by atoms with Crippen molar-refractivity contribution in [3.63, 3.8) is 0 Å². The van der Waals surface area contributed by atoms with Gasteiger partial charge in [-0.05, 0) is 72.4 Å². The molecule has 1 saturated heterocycles. The lowest BCUT2D eigenvalue weighted by Gasteiger charge is -2.27. The van der Waals surface area contributed by atoms with Gasteiger partial charge in [0, 0.05) is 28.8 Å². The summed E-state index contributed by atoms with van der Waals surface area (Å²) in [5, 5.41) is 7.06. The molecule has 2 fully saturated rings. The fourth-order valence-corrected chi connectivity index (χ4v) is 5.00. The van der Waals surface area contributed by atoms with Crippen molar-refractivity contribution in [1.29, 1.82) is 0 Å². The fraction of sp³-hybridized carbons (Fsp3) is 0.500. The number of nitrogens with two attached hydrogens (primary N) is 1. The molecule has 3 aromatic rings. The van der Waals surface area contributed by atoms with Crippen LogP contribution in [0.15, 0.2) is 30.6 Å². The Labute approximate surface area is 195 Å². The topological polar surface area (TPSA) is 103 Å². The second kappa shape index (κ2) is 9.25. The molecule has 164 valence electrons. The monoisotopic (exact) mass is 533 g/mol. The molecule has 1 saturated carbocycles. The van der Waals surface area contributed by atoms with Gasteiger partial charge >= 0.3 is 0 Å². The Morgan fingerprint density at radius 1 is 1.16 bits per heavy atom. The quantitative estimate of drug-likeness (QED) is 0.416. The molecule has 1 aliphatic carbocycles. The number of imidazole rings is 1. The number of fused-ring (bicyclic) bond motifs is 1. The highest BCUT2D eigenvalue weighted by Gasteiger charge is 2.24. The summed E-state index contributed by atoms with van der Waals surface area (Å²) in [4.78, 5) is 14.4.